The third-order valence-corrected chi connectivity index (χ3v) is 3.74. The molecule has 1 fully saturated rings. The zero-order chi connectivity index (χ0) is 13.5. The third-order valence-electron chi connectivity index (χ3n) is 3.38. The summed E-state index contributed by atoms with van der Waals surface area (Å²) in [6, 6.07) is 7.36. The molecule has 112 valence electrons. The second-order valence-corrected chi connectivity index (χ2v) is 5.21. The fourth-order valence-corrected chi connectivity index (χ4v) is 2.47. The lowest BCUT2D eigenvalue weighted by Crippen LogP contribution is -3.10. The van der Waals surface area contributed by atoms with E-state index in [-0.39, 0.29) is 25.1 Å². The number of ether oxygens (including phenoxy) is 1. The molecule has 6 heteroatoms. The molecule has 0 aromatic heterocycles. The highest BCUT2D eigenvalue weighted by atomic mass is 35.5. The first-order valence-corrected chi connectivity index (χ1v) is 7.11. The fourth-order valence-electron chi connectivity index (χ4n) is 2.28. The van der Waals surface area contributed by atoms with Crippen LogP contribution < -0.4 is 22.6 Å². The largest absolute Gasteiger partial charge is 1.00 e. The van der Waals surface area contributed by atoms with Gasteiger partial charge in [-0.1, -0.05) is 29.8 Å². The van der Waals surface area contributed by atoms with Crippen molar-refractivity contribution in [2.45, 2.75) is 19.4 Å². The van der Waals surface area contributed by atoms with E-state index in [1.165, 1.54) is 25.9 Å². The number of rotatable bonds is 5. The van der Waals surface area contributed by atoms with Crippen LogP contribution in [0.2, 0.25) is 5.02 Å². The van der Waals surface area contributed by atoms with Crippen molar-refractivity contribution in [1.29, 1.82) is 0 Å². The van der Waals surface area contributed by atoms with Gasteiger partial charge in [0.25, 0.3) is 0 Å². The van der Waals surface area contributed by atoms with E-state index in [0.29, 0.717) is 11.6 Å². The number of benzene rings is 1. The predicted molar refractivity (Wildman–Crippen MR) is 74.4 cm³/mol. The fraction of sp³-hybridized carbons (Fsp3) is 0.500. The summed E-state index contributed by atoms with van der Waals surface area (Å²) in [4.78, 5) is 13.1. The van der Waals surface area contributed by atoms with Crippen molar-refractivity contribution in [2.75, 3.05) is 26.2 Å². The summed E-state index contributed by atoms with van der Waals surface area (Å²) in [5.74, 6) is 0. The molecule has 0 unspecified atom stereocenters. The van der Waals surface area contributed by atoms with E-state index in [1.807, 2.05) is 18.2 Å². The van der Waals surface area contributed by atoms with Crippen LogP contribution in [-0.2, 0) is 11.3 Å². The van der Waals surface area contributed by atoms with E-state index in [2.05, 4.69) is 5.32 Å². The van der Waals surface area contributed by atoms with Gasteiger partial charge in [-0.15, -0.1) is 0 Å². The number of nitrogens with one attached hydrogen (secondary N) is 2. The molecule has 1 saturated heterocycles. The molecule has 1 aliphatic rings. The van der Waals surface area contributed by atoms with E-state index < -0.39 is 0 Å². The molecule has 0 radical (unpaired) electrons. The van der Waals surface area contributed by atoms with Gasteiger partial charge in [0.15, 0.2) is 0 Å². The predicted octanol–water partition coefficient (Wildman–Crippen LogP) is -1.75. The van der Waals surface area contributed by atoms with Gasteiger partial charge in [0.1, 0.15) is 6.61 Å². The number of halogens is 2. The Morgan fingerprint density at radius 2 is 2.00 bits per heavy atom. The minimum absolute atomic E-state index is 0. The number of alkyl carbamates (subject to hydrolysis) is 1. The van der Waals surface area contributed by atoms with Gasteiger partial charge in [0.2, 0.25) is 0 Å². The molecular formula is C14H20Cl2N2O2. The van der Waals surface area contributed by atoms with Crippen LogP contribution in [0.25, 0.3) is 0 Å². The van der Waals surface area contributed by atoms with Crippen molar-refractivity contribution >= 4 is 17.7 Å². The van der Waals surface area contributed by atoms with E-state index in [9.17, 15) is 4.79 Å². The monoisotopic (exact) mass is 318 g/mol. The number of amides is 1. The summed E-state index contributed by atoms with van der Waals surface area (Å²) in [6.45, 7) is 4.28. The molecule has 0 atom stereocenters. The van der Waals surface area contributed by atoms with Crippen LogP contribution in [0.1, 0.15) is 18.4 Å². The number of carbonyl (C=O) groups is 1. The highest BCUT2D eigenvalue weighted by Gasteiger charge is 2.14. The Labute approximate surface area is 130 Å². The minimum Gasteiger partial charge on any atom is -1.00 e. The quantitative estimate of drug-likeness (QED) is 0.676. The lowest BCUT2D eigenvalue weighted by molar-refractivity contribution is -0.886. The zero-order valence-corrected chi connectivity index (χ0v) is 12.8. The molecule has 0 aliphatic carbocycles. The first kappa shape index (κ1) is 17.1. The normalized spacial score (nSPS) is 14.7. The molecule has 1 aromatic carbocycles. The maximum atomic E-state index is 11.5. The number of hydrogen-bond acceptors (Lipinski definition) is 2. The number of hydrogen-bond donors (Lipinski definition) is 2. The van der Waals surface area contributed by atoms with Crippen LogP contribution in [-0.4, -0.2) is 32.3 Å². The Balaban J connectivity index is 0.00000200. The van der Waals surface area contributed by atoms with E-state index in [0.717, 1.165) is 12.1 Å². The molecule has 1 amide bonds. The summed E-state index contributed by atoms with van der Waals surface area (Å²) in [7, 11) is 0. The highest BCUT2D eigenvalue weighted by Crippen LogP contribution is 2.15. The smallest absolute Gasteiger partial charge is 0.407 e. The Kier molecular flexibility index (Phi) is 7.73. The van der Waals surface area contributed by atoms with Crippen LogP contribution in [0.15, 0.2) is 24.3 Å². The van der Waals surface area contributed by atoms with Crippen molar-refractivity contribution in [2.24, 2.45) is 0 Å². The van der Waals surface area contributed by atoms with Gasteiger partial charge in [-0.2, -0.15) is 0 Å². The lowest BCUT2D eigenvalue weighted by Gasteiger charge is -2.12. The highest BCUT2D eigenvalue weighted by molar-refractivity contribution is 6.31. The maximum absolute atomic E-state index is 11.5. The first-order valence-electron chi connectivity index (χ1n) is 6.73. The van der Waals surface area contributed by atoms with Crippen LogP contribution in [0.4, 0.5) is 4.79 Å². The van der Waals surface area contributed by atoms with Gasteiger partial charge in [0.05, 0.1) is 26.2 Å². The minimum atomic E-state index is -0.376. The van der Waals surface area contributed by atoms with Gasteiger partial charge in [-0.3, -0.25) is 0 Å². The molecule has 0 bridgehead atoms. The van der Waals surface area contributed by atoms with Crippen LogP contribution in [0.3, 0.4) is 0 Å². The summed E-state index contributed by atoms with van der Waals surface area (Å²) in [5.41, 5.74) is 0.824. The summed E-state index contributed by atoms with van der Waals surface area (Å²) < 4.78 is 5.13. The Morgan fingerprint density at radius 3 is 2.70 bits per heavy atom. The molecule has 4 nitrogen and oxygen atoms in total. The van der Waals surface area contributed by atoms with Crippen molar-refractivity contribution < 1.29 is 26.8 Å². The van der Waals surface area contributed by atoms with Crippen LogP contribution >= 0.6 is 11.6 Å². The van der Waals surface area contributed by atoms with Gasteiger partial charge in [0, 0.05) is 23.4 Å². The molecular weight excluding hydrogens is 299 g/mol. The van der Waals surface area contributed by atoms with Crippen LogP contribution in [0.5, 0.6) is 0 Å². The third kappa shape index (κ3) is 5.57. The molecule has 1 aromatic rings. The first-order chi connectivity index (χ1) is 9.25. The van der Waals surface area contributed by atoms with E-state index in [1.54, 1.807) is 11.0 Å². The van der Waals surface area contributed by atoms with Crippen molar-refractivity contribution in [3.05, 3.63) is 34.9 Å². The maximum Gasteiger partial charge on any atom is 0.407 e. The standard InChI is InChI=1S/C14H19ClN2O2.ClH/c15-13-6-2-1-5-12(13)11-19-14(18)16-7-10-17-8-3-4-9-17;/h1-2,5-6H,3-4,7-11H2,(H,16,18);1H. The van der Waals surface area contributed by atoms with Crippen LogP contribution in [0, 0.1) is 0 Å². The van der Waals surface area contributed by atoms with Crippen molar-refractivity contribution in [1.82, 2.24) is 5.32 Å². The molecule has 1 aliphatic heterocycles. The Hall–Kier alpha value is -0.970. The SMILES string of the molecule is O=C(NCC[NH+]1CCCC1)OCc1ccccc1Cl.[Cl-]. The second kappa shape index (κ2) is 9.06. The van der Waals surface area contributed by atoms with E-state index >= 15 is 0 Å². The zero-order valence-electron chi connectivity index (χ0n) is 11.3. The molecule has 2 rings (SSSR count). The molecule has 20 heavy (non-hydrogen) atoms. The van der Waals surface area contributed by atoms with Gasteiger partial charge < -0.3 is 27.4 Å². The summed E-state index contributed by atoms with van der Waals surface area (Å²) >= 11 is 5.98. The number of likely N-dealkylation sites (tertiary alicyclic amines) is 1. The van der Waals surface area contributed by atoms with Gasteiger partial charge >= 0.3 is 6.09 Å². The summed E-state index contributed by atoms with van der Waals surface area (Å²) in [6.07, 6.45) is 2.22. The van der Waals surface area contributed by atoms with Gasteiger partial charge in [-0.05, 0) is 6.07 Å². The van der Waals surface area contributed by atoms with Crippen molar-refractivity contribution in [3.8, 4) is 0 Å². The average molecular weight is 319 g/mol. The Morgan fingerprint density at radius 1 is 1.30 bits per heavy atom. The second-order valence-electron chi connectivity index (χ2n) is 4.80. The van der Waals surface area contributed by atoms with Crippen molar-refractivity contribution in [3.63, 3.8) is 0 Å². The number of carbonyl (C=O) groups excluding carboxylic acids is 1. The molecule has 1 heterocycles. The van der Waals surface area contributed by atoms with Gasteiger partial charge in [-0.25, -0.2) is 4.79 Å². The lowest BCUT2D eigenvalue weighted by atomic mass is 10.2. The molecule has 0 saturated carbocycles. The molecule has 2 N–H and O–H groups in total. The topological polar surface area (TPSA) is 42.8 Å². The number of quaternary nitrogens is 1. The molecule has 0 spiro atoms. The average Bonchev–Trinajstić information content (AvgIpc) is 2.91. The summed E-state index contributed by atoms with van der Waals surface area (Å²) in [5, 5.41) is 3.40. The van der Waals surface area contributed by atoms with E-state index in [4.69, 9.17) is 16.3 Å². The Bertz CT molecular complexity index is 423.